The van der Waals surface area contributed by atoms with E-state index >= 15 is 0 Å². The van der Waals surface area contributed by atoms with Gasteiger partial charge in [0.05, 0.1) is 5.75 Å². The lowest BCUT2D eigenvalue weighted by atomic mass is 9.79. The Bertz CT molecular complexity index is 400. The van der Waals surface area contributed by atoms with Gasteiger partial charge in [0.15, 0.2) is 5.82 Å². The molecular formula is C14H25N3OS. The van der Waals surface area contributed by atoms with Gasteiger partial charge in [-0.2, -0.15) is 4.98 Å². The molecule has 4 nitrogen and oxygen atoms in total. The molecule has 2 N–H and O–H groups in total. The molecule has 0 aromatic carbocycles. The molecule has 0 radical (unpaired) electrons. The Balaban J connectivity index is 1.99. The molecule has 0 saturated heterocycles. The Morgan fingerprint density at radius 2 is 2.05 bits per heavy atom. The molecule has 2 rings (SSSR count). The highest BCUT2D eigenvalue weighted by Gasteiger charge is 2.30. The molecule has 108 valence electrons. The standard InChI is InChI=1S/C14H25N3OS/c1-14(2,3)19-9-12-16-13(18-17-12)11-7-5-4-6-10(11)8-15/h10-11H,4-9,15H2,1-3H3. The van der Waals surface area contributed by atoms with Gasteiger partial charge in [-0.3, -0.25) is 0 Å². The molecule has 5 heteroatoms. The average molecular weight is 283 g/mol. The number of rotatable bonds is 4. The van der Waals surface area contributed by atoms with E-state index in [2.05, 4.69) is 30.9 Å². The molecule has 1 aromatic rings. The second kappa shape index (κ2) is 6.27. The Kier molecular flexibility index (Phi) is 4.90. The minimum Gasteiger partial charge on any atom is -0.339 e. The maximum atomic E-state index is 5.86. The normalized spacial score (nSPS) is 24.6. The lowest BCUT2D eigenvalue weighted by Crippen LogP contribution is -2.25. The first-order valence-corrected chi connectivity index (χ1v) is 8.14. The highest BCUT2D eigenvalue weighted by Crippen LogP contribution is 2.36. The largest absolute Gasteiger partial charge is 0.339 e. The molecule has 0 spiro atoms. The average Bonchev–Trinajstić information content (AvgIpc) is 2.84. The topological polar surface area (TPSA) is 64.9 Å². The number of aromatic nitrogens is 2. The summed E-state index contributed by atoms with van der Waals surface area (Å²) in [6.45, 7) is 7.32. The van der Waals surface area contributed by atoms with Gasteiger partial charge in [0, 0.05) is 10.7 Å². The Hall–Kier alpha value is -0.550. The zero-order valence-electron chi connectivity index (χ0n) is 12.2. The van der Waals surface area contributed by atoms with Crippen molar-refractivity contribution in [2.75, 3.05) is 6.54 Å². The molecular weight excluding hydrogens is 258 g/mol. The van der Waals surface area contributed by atoms with Crippen LogP contribution in [0.4, 0.5) is 0 Å². The van der Waals surface area contributed by atoms with E-state index in [-0.39, 0.29) is 4.75 Å². The Morgan fingerprint density at radius 3 is 2.74 bits per heavy atom. The fraction of sp³-hybridized carbons (Fsp3) is 0.857. The molecule has 0 aliphatic heterocycles. The summed E-state index contributed by atoms with van der Waals surface area (Å²) >= 11 is 1.84. The fourth-order valence-electron chi connectivity index (χ4n) is 2.57. The number of thioether (sulfide) groups is 1. The number of nitrogens with zero attached hydrogens (tertiary/aromatic N) is 2. The van der Waals surface area contributed by atoms with Gasteiger partial charge in [0.2, 0.25) is 5.89 Å². The molecule has 0 amide bonds. The quantitative estimate of drug-likeness (QED) is 0.918. The van der Waals surface area contributed by atoms with Crippen molar-refractivity contribution in [1.82, 2.24) is 10.1 Å². The van der Waals surface area contributed by atoms with Crippen molar-refractivity contribution in [3.05, 3.63) is 11.7 Å². The summed E-state index contributed by atoms with van der Waals surface area (Å²) in [4.78, 5) is 4.58. The van der Waals surface area contributed by atoms with Crippen molar-refractivity contribution >= 4 is 11.8 Å². The summed E-state index contributed by atoms with van der Waals surface area (Å²) in [5.74, 6) is 3.32. The SMILES string of the molecule is CC(C)(C)SCc1noc(C2CCCCC2CN)n1. The summed E-state index contributed by atoms with van der Waals surface area (Å²) in [7, 11) is 0. The van der Waals surface area contributed by atoms with Gasteiger partial charge in [0.25, 0.3) is 0 Å². The number of hydrogen-bond donors (Lipinski definition) is 1. The third-order valence-corrected chi connectivity index (χ3v) is 4.92. The van der Waals surface area contributed by atoms with Crippen LogP contribution in [-0.4, -0.2) is 21.4 Å². The van der Waals surface area contributed by atoms with Gasteiger partial charge in [-0.15, -0.1) is 11.8 Å². The third-order valence-electron chi connectivity index (χ3n) is 3.65. The van der Waals surface area contributed by atoms with Crippen molar-refractivity contribution < 1.29 is 4.52 Å². The summed E-state index contributed by atoms with van der Waals surface area (Å²) in [5.41, 5.74) is 5.86. The van der Waals surface area contributed by atoms with Gasteiger partial charge >= 0.3 is 0 Å². The zero-order valence-corrected chi connectivity index (χ0v) is 13.0. The van der Waals surface area contributed by atoms with Gasteiger partial charge in [-0.25, -0.2) is 0 Å². The lowest BCUT2D eigenvalue weighted by molar-refractivity contribution is 0.249. The predicted octanol–water partition coefficient (Wildman–Crippen LogP) is 3.33. The molecule has 0 bridgehead atoms. The molecule has 2 unspecified atom stereocenters. The Labute approximate surface area is 119 Å². The molecule has 2 atom stereocenters. The van der Waals surface area contributed by atoms with Crippen molar-refractivity contribution in [2.45, 2.75) is 62.9 Å². The first kappa shape index (κ1) is 14.9. The molecule has 1 saturated carbocycles. The summed E-state index contributed by atoms with van der Waals surface area (Å²) < 4.78 is 5.70. The summed E-state index contributed by atoms with van der Waals surface area (Å²) in [5, 5.41) is 4.12. The van der Waals surface area contributed by atoms with E-state index < -0.39 is 0 Å². The second-order valence-electron chi connectivity index (χ2n) is 6.34. The molecule has 1 aromatic heterocycles. The van der Waals surface area contributed by atoms with Gasteiger partial charge in [0.1, 0.15) is 0 Å². The monoisotopic (exact) mass is 283 g/mol. The van der Waals surface area contributed by atoms with Gasteiger partial charge in [-0.1, -0.05) is 38.8 Å². The van der Waals surface area contributed by atoms with Crippen LogP contribution in [0.3, 0.4) is 0 Å². The van der Waals surface area contributed by atoms with Crippen LogP contribution >= 0.6 is 11.8 Å². The maximum Gasteiger partial charge on any atom is 0.230 e. The minimum absolute atomic E-state index is 0.228. The second-order valence-corrected chi connectivity index (χ2v) is 8.14. The molecule has 19 heavy (non-hydrogen) atoms. The maximum absolute atomic E-state index is 5.86. The highest BCUT2D eigenvalue weighted by atomic mass is 32.2. The first-order chi connectivity index (χ1) is 8.99. The van der Waals surface area contributed by atoms with Crippen molar-refractivity contribution in [2.24, 2.45) is 11.7 Å². The van der Waals surface area contributed by atoms with E-state index in [0.717, 1.165) is 30.4 Å². The van der Waals surface area contributed by atoms with E-state index in [4.69, 9.17) is 10.3 Å². The van der Waals surface area contributed by atoms with Crippen molar-refractivity contribution in [3.63, 3.8) is 0 Å². The zero-order chi connectivity index (χ0) is 13.9. The van der Waals surface area contributed by atoms with Crippen LogP contribution in [0.2, 0.25) is 0 Å². The number of nitrogens with two attached hydrogens (primary N) is 1. The molecule has 1 fully saturated rings. The fourth-order valence-corrected chi connectivity index (χ4v) is 3.25. The van der Waals surface area contributed by atoms with E-state index in [1.807, 2.05) is 11.8 Å². The smallest absolute Gasteiger partial charge is 0.230 e. The lowest BCUT2D eigenvalue weighted by Gasteiger charge is -2.27. The van der Waals surface area contributed by atoms with E-state index in [0.29, 0.717) is 11.8 Å². The van der Waals surface area contributed by atoms with Gasteiger partial charge < -0.3 is 10.3 Å². The number of hydrogen-bond acceptors (Lipinski definition) is 5. The van der Waals surface area contributed by atoms with Crippen LogP contribution in [0.1, 0.15) is 64.1 Å². The van der Waals surface area contributed by atoms with Crippen LogP contribution < -0.4 is 5.73 Å². The van der Waals surface area contributed by atoms with Crippen LogP contribution in [0.5, 0.6) is 0 Å². The van der Waals surface area contributed by atoms with E-state index in [1.54, 1.807) is 0 Å². The van der Waals surface area contributed by atoms with Crippen LogP contribution in [0.25, 0.3) is 0 Å². The Morgan fingerprint density at radius 1 is 1.32 bits per heavy atom. The molecule has 1 heterocycles. The van der Waals surface area contributed by atoms with E-state index in [1.165, 1.54) is 19.3 Å². The van der Waals surface area contributed by atoms with E-state index in [9.17, 15) is 0 Å². The van der Waals surface area contributed by atoms with Crippen LogP contribution in [0.15, 0.2) is 4.52 Å². The third kappa shape index (κ3) is 4.21. The van der Waals surface area contributed by atoms with Crippen LogP contribution in [-0.2, 0) is 5.75 Å². The minimum atomic E-state index is 0.228. The van der Waals surface area contributed by atoms with Crippen molar-refractivity contribution in [1.29, 1.82) is 0 Å². The predicted molar refractivity (Wildman–Crippen MR) is 79.1 cm³/mol. The van der Waals surface area contributed by atoms with Crippen LogP contribution in [0, 0.1) is 5.92 Å². The summed E-state index contributed by atoms with van der Waals surface area (Å²) in [6.07, 6.45) is 4.85. The summed E-state index contributed by atoms with van der Waals surface area (Å²) in [6, 6.07) is 0. The first-order valence-electron chi connectivity index (χ1n) is 7.16. The molecule has 1 aliphatic rings. The molecule has 1 aliphatic carbocycles. The van der Waals surface area contributed by atoms with Gasteiger partial charge in [-0.05, 0) is 25.3 Å². The van der Waals surface area contributed by atoms with Crippen molar-refractivity contribution in [3.8, 4) is 0 Å². The highest BCUT2D eigenvalue weighted by molar-refractivity contribution is 7.99.